The van der Waals surface area contributed by atoms with Gasteiger partial charge in [-0.3, -0.25) is 48.2 Å². The van der Waals surface area contributed by atoms with E-state index in [1.165, 1.54) is 43.4 Å². The van der Waals surface area contributed by atoms with Gasteiger partial charge in [0.05, 0.1) is 114 Å². The number of methoxy groups -OCH3 is 2. The van der Waals surface area contributed by atoms with E-state index in [9.17, 15) is 48.3 Å². The average Bonchev–Trinajstić information content (AvgIpc) is 1.54. The maximum Gasteiger partial charge on any atom is 0.416 e. The predicted molar refractivity (Wildman–Crippen MR) is 363 cm³/mol. The second kappa shape index (κ2) is 37.6. The molecule has 0 saturated carbocycles. The van der Waals surface area contributed by atoms with Gasteiger partial charge < -0.3 is 62.9 Å². The number of carbonyl (C=O) groups excluding carboxylic acids is 9. The Hall–Kier alpha value is -9.14. The molecule has 3 aromatic rings. The summed E-state index contributed by atoms with van der Waals surface area (Å²) in [4.78, 5) is 128. The maximum absolute atomic E-state index is 14.4. The van der Waals surface area contributed by atoms with Gasteiger partial charge in [0, 0.05) is 100 Å². The lowest BCUT2D eigenvalue weighted by Gasteiger charge is -2.31. The molecule has 5 heterocycles. The number of imide groups is 1. The van der Waals surface area contributed by atoms with Crippen LogP contribution in [0.3, 0.4) is 0 Å². The number of aliphatic hydroxyl groups excluding tert-OH is 1. The van der Waals surface area contributed by atoms with Crippen molar-refractivity contribution in [3.63, 3.8) is 0 Å². The minimum atomic E-state index is -1.57. The van der Waals surface area contributed by atoms with Gasteiger partial charge in [0.1, 0.15) is 18.2 Å². The molecule has 5 aliphatic heterocycles. The summed E-state index contributed by atoms with van der Waals surface area (Å²) in [6.07, 6.45) is 14.9. The number of ether oxygens (including phenoxy) is 9. The Bertz CT molecular complexity index is 3520. The molecule has 25 heteroatoms. The lowest BCUT2D eigenvalue weighted by molar-refractivity contribution is -0.137. The summed E-state index contributed by atoms with van der Waals surface area (Å²) in [5.41, 5.74) is 3.90. The monoisotopic (exact) mass is 1360 g/mol. The lowest BCUT2D eigenvalue weighted by atomic mass is 9.88. The van der Waals surface area contributed by atoms with E-state index in [2.05, 4.69) is 10.3 Å². The number of rotatable bonds is 39. The van der Waals surface area contributed by atoms with Crippen LogP contribution in [0.5, 0.6) is 23.0 Å². The van der Waals surface area contributed by atoms with Crippen molar-refractivity contribution in [1.29, 1.82) is 0 Å². The van der Waals surface area contributed by atoms with Crippen LogP contribution in [0, 0.1) is 11.8 Å². The molecule has 528 valence electrons. The molecule has 5 atom stereocenters. The molecule has 5 aliphatic rings. The molecule has 0 spiro atoms. The Morgan fingerprint density at radius 2 is 1.22 bits per heavy atom. The Balaban J connectivity index is 0.0000135. The standard InChI is InChI=1S/C72H88N6O19.CH4/c1-8-12-50-34-52-42-73-58-40-64(62(89-6)38-56(58)69(85)76(52)43-50)95-25-11-26-96-65-41-59-57(39-63(65)90-7)70(86)77-44-51(13-9-2)35-60(77)71(87)78(59)72(88)97-45-49-17-15-48(16-18-49)36-61(81)47(5)74-68(84)55(46(3)4)37-54(80)22-27-92-29-31-94-33-32-93-30-28-91-24-10-14-53(79)21-23-75-66(82)19-20-67(75)83;/h8-9,12-13,15-20,38-44,46-47,52,55,60,71,87H,10-11,14,21-37,45H2,1-7H3,(H,74,84);1H4/b12-8+,13-9+;/t47-,52-,55+,60-,71-;/m0./s1. The van der Waals surface area contributed by atoms with Gasteiger partial charge in [-0.25, -0.2) is 9.69 Å². The average molecular weight is 1360 g/mol. The molecule has 0 aromatic heterocycles. The topological polar surface area (TPSA) is 294 Å². The van der Waals surface area contributed by atoms with Gasteiger partial charge in [-0.15, -0.1) is 0 Å². The molecular formula is C73H92N6O19. The Morgan fingerprint density at radius 3 is 1.85 bits per heavy atom. The number of aliphatic hydroxyl groups is 1. The summed E-state index contributed by atoms with van der Waals surface area (Å²) < 4.78 is 51.8. The number of nitrogens with one attached hydrogen (secondary N) is 1. The van der Waals surface area contributed by atoms with Crippen molar-refractivity contribution < 1.29 is 90.9 Å². The molecule has 6 amide bonds. The lowest BCUT2D eigenvalue weighted by Crippen LogP contribution is -2.50. The zero-order valence-corrected chi connectivity index (χ0v) is 56.2. The first kappa shape index (κ1) is 76.2. The van der Waals surface area contributed by atoms with Crippen molar-refractivity contribution in [2.24, 2.45) is 16.8 Å². The Kier molecular flexibility index (Phi) is 29.2. The quantitative estimate of drug-likeness (QED) is 0.0398. The van der Waals surface area contributed by atoms with Crippen LogP contribution in [-0.2, 0) is 65.5 Å². The highest BCUT2D eigenvalue weighted by molar-refractivity contribution is 6.13. The van der Waals surface area contributed by atoms with Gasteiger partial charge in [0.25, 0.3) is 23.6 Å². The van der Waals surface area contributed by atoms with E-state index in [1.807, 2.05) is 58.2 Å². The summed E-state index contributed by atoms with van der Waals surface area (Å²) in [6, 6.07) is 11.1. The summed E-state index contributed by atoms with van der Waals surface area (Å²) >= 11 is 0. The Morgan fingerprint density at radius 1 is 0.653 bits per heavy atom. The van der Waals surface area contributed by atoms with E-state index in [-0.39, 0.29) is 150 Å². The number of fused-ring (bicyclic) bond motifs is 4. The summed E-state index contributed by atoms with van der Waals surface area (Å²) in [6.45, 7) is 11.5. The van der Waals surface area contributed by atoms with Crippen LogP contribution in [0.4, 0.5) is 16.2 Å². The molecule has 25 nitrogen and oxygen atoms in total. The van der Waals surface area contributed by atoms with E-state index in [0.717, 1.165) is 20.9 Å². The van der Waals surface area contributed by atoms with Crippen LogP contribution in [0.25, 0.3) is 0 Å². The molecule has 0 bridgehead atoms. The van der Waals surface area contributed by atoms with Crippen molar-refractivity contribution in [3.8, 4) is 23.0 Å². The number of Topliss-reactive ketones (excluding diaryl/α,β-unsaturated/α-hetero) is 3. The summed E-state index contributed by atoms with van der Waals surface area (Å²) in [5, 5.41) is 14.9. The molecule has 0 aliphatic carbocycles. The number of benzene rings is 3. The SMILES string of the molecule is C.C/C=C/C1=CN2C(=O)c3cc(OC)c(OCCCOc4cc5c(cc4OC)C(=O)N4C=C(/C=C/C)C[C@H]4[C@H](O)N5C(=O)OCc4ccc(CC(=O)[C@H](C)NC(=O)[C@H](CC(=O)CCOCCOCCOCCOCCCC(=O)CCN5C(=O)C=CC5=O)C(C)C)cc4)cc3N=C[C@@H]2C1. The molecule has 0 saturated heterocycles. The van der Waals surface area contributed by atoms with Crippen molar-refractivity contribution in [2.75, 3.05) is 91.7 Å². The zero-order valence-electron chi connectivity index (χ0n) is 56.2. The third-order valence-corrected chi connectivity index (χ3v) is 16.8. The van der Waals surface area contributed by atoms with Crippen LogP contribution in [0.2, 0.25) is 0 Å². The smallest absolute Gasteiger partial charge is 0.416 e. The summed E-state index contributed by atoms with van der Waals surface area (Å²) in [7, 11) is 2.92. The van der Waals surface area contributed by atoms with Crippen LogP contribution in [-0.4, -0.2) is 190 Å². The fourth-order valence-electron chi connectivity index (χ4n) is 11.5. The highest BCUT2D eigenvalue weighted by atomic mass is 16.6. The number of hydrogen-bond acceptors (Lipinski definition) is 20. The number of aliphatic imine (C=N–C) groups is 1. The molecule has 2 N–H and O–H groups in total. The van der Waals surface area contributed by atoms with E-state index < -0.39 is 54.0 Å². The fourth-order valence-corrected chi connectivity index (χ4v) is 11.5. The number of amides is 6. The van der Waals surface area contributed by atoms with Crippen LogP contribution in [0.1, 0.15) is 125 Å². The maximum atomic E-state index is 14.4. The van der Waals surface area contributed by atoms with Crippen molar-refractivity contribution in [3.05, 3.63) is 131 Å². The second-order valence-corrected chi connectivity index (χ2v) is 24.1. The largest absolute Gasteiger partial charge is 0.493 e. The number of allylic oxidation sites excluding steroid dienone is 4. The molecule has 8 rings (SSSR count). The van der Waals surface area contributed by atoms with Crippen molar-refractivity contribution in [2.45, 2.75) is 131 Å². The molecule has 3 aromatic carbocycles. The molecule has 0 unspecified atom stereocenters. The van der Waals surface area contributed by atoms with E-state index in [4.69, 9.17) is 42.6 Å². The third kappa shape index (κ3) is 20.5. The first-order valence-corrected chi connectivity index (χ1v) is 32.8. The molecular weight excluding hydrogens is 1260 g/mol. The normalized spacial score (nSPS) is 17.6. The molecule has 98 heavy (non-hydrogen) atoms. The van der Waals surface area contributed by atoms with Gasteiger partial charge >= 0.3 is 6.09 Å². The second-order valence-electron chi connectivity index (χ2n) is 24.1. The van der Waals surface area contributed by atoms with Gasteiger partial charge in [-0.1, -0.05) is 69.8 Å². The van der Waals surface area contributed by atoms with Gasteiger partial charge in [-0.05, 0) is 80.4 Å². The third-order valence-electron chi connectivity index (χ3n) is 16.8. The van der Waals surface area contributed by atoms with E-state index in [0.29, 0.717) is 86.2 Å². The number of hydrogen-bond donors (Lipinski definition) is 2. The minimum absolute atomic E-state index is 0. The first-order chi connectivity index (χ1) is 46.8. The molecule has 0 radical (unpaired) electrons. The van der Waals surface area contributed by atoms with Crippen LogP contribution >= 0.6 is 0 Å². The fraction of sp³-hybridized carbons (Fsp3) is 0.479. The van der Waals surface area contributed by atoms with Crippen molar-refractivity contribution >= 4 is 70.6 Å². The number of nitrogens with zero attached hydrogens (tertiary/aromatic N) is 5. The number of ketones is 3. The Labute approximate surface area is 572 Å². The molecule has 0 fully saturated rings. The van der Waals surface area contributed by atoms with E-state index >= 15 is 0 Å². The first-order valence-electron chi connectivity index (χ1n) is 32.8. The number of anilines is 1. The number of carbonyl (C=O) groups is 9. The highest BCUT2D eigenvalue weighted by Crippen LogP contribution is 2.43. The van der Waals surface area contributed by atoms with Crippen LogP contribution in [0.15, 0.2) is 114 Å². The van der Waals surface area contributed by atoms with Gasteiger partial charge in [0.15, 0.2) is 35.0 Å². The van der Waals surface area contributed by atoms with Crippen LogP contribution < -0.4 is 29.2 Å². The van der Waals surface area contributed by atoms with E-state index in [1.54, 1.807) is 60.6 Å². The summed E-state index contributed by atoms with van der Waals surface area (Å²) in [5.74, 6) is -2.13. The van der Waals surface area contributed by atoms with Gasteiger partial charge in [0.2, 0.25) is 5.91 Å². The highest BCUT2D eigenvalue weighted by Gasteiger charge is 2.46. The minimum Gasteiger partial charge on any atom is -0.493 e. The predicted octanol–water partition coefficient (Wildman–Crippen LogP) is 8.70. The van der Waals surface area contributed by atoms with Crippen molar-refractivity contribution in [1.82, 2.24) is 20.0 Å². The zero-order chi connectivity index (χ0) is 69.5. The van der Waals surface area contributed by atoms with Gasteiger partial charge in [-0.2, -0.15) is 0 Å².